The molecule has 158 valence electrons. The van der Waals surface area contributed by atoms with Gasteiger partial charge in [-0.1, -0.05) is 29.4 Å². The number of anilines is 1. The number of nitrogens with one attached hydrogen (secondary N) is 1. The van der Waals surface area contributed by atoms with Gasteiger partial charge in [-0.25, -0.2) is 9.97 Å². The summed E-state index contributed by atoms with van der Waals surface area (Å²) in [4.78, 5) is 24.4. The Kier molecular flexibility index (Phi) is 5.81. The summed E-state index contributed by atoms with van der Waals surface area (Å²) in [6.45, 7) is 4.32. The molecule has 4 rings (SSSR count). The number of hydrogen-bond donors (Lipinski definition) is 1. The van der Waals surface area contributed by atoms with Crippen LogP contribution in [0.4, 0.5) is 5.95 Å². The number of amides is 1. The Morgan fingerprint density at radius 2 is 1.94 bits per heavy atom. The highest BCUT2D eigenvalue weighted by atomic mass is 32.1. The first-order valence-corrected chi connectivity index (χ1v) is 10.7. The first-order valence-electron chi connectivity index (χ1n) is 9.81. The third-order valence-electron chi connectivity index (χ3n) is 4.74. The molecule has 0 bridgehead atoms. The van der Waals surface area contributed by atoms with Gasteiger partial charge in [-0.05, 0) is 25.5 Å². The van der Waals surface area contributed by atoms with Crippen molar-refractivity contribution in [2.24, 2.45) is 0 Å². The van der Waals surface area contributed by atoms with E-state index in [0.29, 0.717) is 23.8 Å². The van der Waals surface area contributed by atoms with Gasteiger partial charge in [-0.15, -0.1) is 11.3 Å². The zero-order chi connectivity index (χ0) is 22.0. The van der Waals surface area contributed by atoms with Gasteiger partial charge < -0.3 is 14.7 Å². The Labute approximate surface area is 184 Å². The van der Waals surface area contributed by atoms with Gasteiger partial charge in [0, 0.05) is 48.7 Å². The van der Waals surface area contributed by atoms with Crippen molar-refractivity contribution >= 4 is 23.2 Å². The van der Waals surface area contributed by atoms with Gasteiger partial charge in [0.15, 0.2) is 5.76 Å². The summed E-state index contributed by atoms with van der Waals surface area (Å²) < 4.78 is 5.45. The molecule has 0 saturated carbocycles. The van der Waals surface area contributed by atoms with Crippen molar-refractivity contribution in [3.63, 3.8) is 0 Å². The molecule has 1 aromatic carbocycles. The lowest BCUT2D eigenvalue weighted by Crippen LogP contribution is -2.22. The molecule has 0 atom stereocenters. The van der Waals surface area contributed by atoms with E-state index < -0.39 is 0 Å². The van der Waals surface area contributed by atoms with Crippen LogP contribution >= 0.6 is 11.3 Å². The van der Waals surface area contributed by atoms with E-state index in [9.17, 15) is 4.79 Å². The Balaban J connectivity index is 1.58. The maximum absolute atomic E-state index is 12.3. The number of benzene rings is 1. The maximum atomic E-state index is 12.3. The first-order chi connectivity index (χ1) is 14.9. The van der Waals surface area contributed by atoms with Crippen LogP contribution in [0.25, 0.3) is 22.6 Å². The topological polar surface area (TPSA) is 84.2 Å². The number of aromatic nitrogens is 3. The van der Waals surface area contributed by atoms with Crippen molar-refractivity contribution in [2.45, 2.75) is 20.4 Å². The smallest absolute Gasteiger partial charge is 0.252 e. The second kappa shape index (κ2) is 8.69. The van der Waals surface area contributed by atoms with Crippen LogP contribution in [0.2, 0.25) is 0 Å². The van der Waals surface area contributed by atoms with E-state index in [-0.39, 0.29) is 5.91 Å². The molecule has 3 aromatic heterocycles. The van der Waals surface area contributed by atoms with Crippen molar-refractivity contribution in [3.8, 4) is 22.6 Å². The molecule has 0 radical (unpaired) electrons. The molecule has 31 heavy (non-hydrogen) atoms. The Hall–Kier alpha value is -3.52. The molecule has 0 aliphatic rings. The Bertz CT molecular complexity index is 1210. The lowest BCUT2D eigenvalue weighted by Gasteiger charge is -2.14. The Morgan fingerprint density at radius 1 is 1.16 bits per heavy atom. The third-order valence-corrected chi connectivity index (χ3v) is 5.60. The summed E-state index contributed by atoms with van der Waals surface area (Å²) in [5.74, 6) is 1.17. The van der Waals surface area contributed by atoms with E-state index >= 15 is 0 Å². The summed E-state index contributed by atoms with van der Waals surface area (Å²) in [6, 6.07) is 11.7. The van der Waals surface area contributed by atoms with E-state index in [0.717, 1.165) is 33.0 Å². The van der Waals surface area contributed by atoms with Crippen molar-refractivity contribution < 1.29 is 9.32 Å². The lowest BCUT2D eigenvalue weighted by atomic mass is 10.0. The molecule has 0 saturated heterocycles. The average molecular weight is 434 g/mol. The minimum Gasteiger partial charge on any atom is -0.356 e. The first kappa shape index (κ1) is 20.7. The molecule has 3 heterocycles. The SMILES string of the molecule is Cc1cc(-c2cnc(N(C)C)nc2-c2ccc(CNC(=O)c3csc(C)c3)cc2)on1. The van der Waals surface area contributed by atoms with Crippen LogP contribution in [0.1, 0.15) is 26.5 Å². The number of aryl methyl sites for hydroxylation is 2. The standard InChI is InChI=1S/C23H23N5O2S/c1-14-9-20(30-27-14)19-12-25-23(28(3)4)26-21(19)17-7-5-16(6-8-17)11-24-22(29)18-10-15(2)31-13-18/h5-10,12-13H,11H2,1-4H3,(H,24,29). The highest BCUT2D eigenvalue weighted by Crippen LogP contribution is 2.31. The van der Waals surface area contributed by atoms with Gasteiger partial charge in [0.25, 0.3) is 5.91 Å². The molecule has 0 unspecified atom stereocenters. The van der Waals surface area contributed by atoms with Crippen LogP contribution < -0.4 is 10.2 Å². The molecule has 7 nitrogen and oxygen atoms in total. The van der Waals surface area contributed by atoms with Crippen LogP contribution in [0.15, 0.2) is 52.5 Å². The van der Waals surface area contributed by atoms with Gasteiger partial charge in [-0.2, -0.15) is 0 Å². The summed E-state index contributed by atoms with van der Waals surface area (Å²) in [5.41, 5.74) is 4.97. The van der Waals surface area contributed by atoms with E-state index in [1.807, 2.05) is 74.6 Å². The van der Waals surface area contributed by atoms with Gasteiger partial charge in [0.2, 0.25) is 5.95 Å². The molecule has 1 N–H and O–H groups in total. The molecule has 0 aliphatic carbocycles. The third kappa shape index (κ3) is 4.64. The zero-order valence-corrected chi connectivity index (χ0v) is 18.7. The van der Waals surface area contributed by atoms with Crippen LogP contribution in [-0.2, 0) is 6.54 Å². The quantitative estimate of drug-likeness (QED) is 0.483. The van der Waals surface area contributed by atoms with Crippen LogP contribution in [0.3, 0.4) is 0 Å². The van der Waals surface area contributed by atoms with Crippen molar-refractivity contribution in [2.75, 3.05) is 19.0 Å². The predicted octanol–water partition coefficient (Wildman–Crippen LogP) is 4.47. The van der Waals surface area contributed by atoms with E-state index in [2.05, 4.69) is 15.5 Å². The summed E-state index contributed by atoms with van der Waals surface area (Å²) >= 11 is 1.57. The lowest BCUT2D eigenvalue weighted by molar-refractivity contribution is 0.0951. The van der Waals surface area contributed by atoms with E-state index in [1.54, 1.807) is 17.5 Å². The summed E-state index contributed by atoms with van der Waals surface area (Å²) in [6.07, 6.45) is 1.76. The highest BCUT2D eigenvalue weighted by molar-refractivity contribution is 7.10. The fourth-order valence-corrected chi connectivity index (χ4v) is 3.79. The van der Waals surface area contributed by atoms with E-state index in [4.69, 9.17) is 9.51 Å². The monoisotopic (exact) mass is 433 g/mol. The van der Waals surface area contributed by atoms with Crippen LogP contribution in [-0.4, -0.2) is 35.1 Å². The molecule has 8 heteroatoms. The molecule has 0 aliphatic heterocycles. The molecular formula is C23H23N5O2S. The molecule has 1 amide bonds. The molecule has 0 fully saturated rings. The normalized spacial score (nSPS) is 10.8. The predicted molar refractivity (Wildman–Crippen MR) is 122 cm³/mol. The van der Waals surface area contributed by atoms with Crippen molar-refractivity contribution in [3.05, 3.63) is 69.7 Å². The van der Waals surface area contributed by atoms with Crippen molar-refractivity contribution in [1.29, 1.82) is 0 Å². The number of carbonyl (C=O) groups excluding carboxylic acids is 1. The van der Waals surface area contributed by atoms with Crippen molar-refractivity contribution in [1.82, 2.24) is 20.4 Å². The second-order valence-electron chi connectivity index (χ2n) is 7.48. The summed E-state index contributed by atoms with van der Waals surface area (Å²) in [7, 11) is 3.80. The largest absolute Gasteiger partial charge is 0.356 e. The number of thiophene rings is 1. The number of hydrogen-bond acceptors (Lipinski definition) is 7. The number of carbonyl (C=O) groups is 1. The van der Waals surface area contributed by atoms with Gasteiger partial charge in [0.1, 0.15) is 0 Å². The molecular weight excluding hydrogens is 410 g/mol. The summed E-state index contributed by atoms with van der Waals surface area (Å²) in [5, 5.41) is 8.82. The van der Waals surface area contributed by atoms with E-state index in [1.165, 1.54) is 0 Å². The van der Waals surface area contributed by atoms with Gasteiger partial charge in [0.05, 0.1) is 22.5 Å². The number of nitrogens with zero attached hydrogens (tertiary/aromatic N) is 4. The highest BCUT2D eigenvalue weighted by Gasteiger charge is 2.16. The van der Waals surface area contributed by atoms with Crippen LogP contribution in [0.5, 0.6) is 0 Å². The number of rotatable bonds is 6. The van der Waals surface area contributed by atoms with Gasteiger partial charge >= 0.3 is 0 Å². The molecule has 4 aromatic rings. The minimum absolute atomic E-state index is 0.0668. The average Bonchev–Trinajstić information content (AvgIpc) is 3.40. The van der Waals surface area contributed by atoms with Gasteiger partial charge in [-0.3, -0.25) is 4.79 Å². The fraction of sp³-hybridized carbons (Fsp3) is 0.217. The fourth-order valence-electron chi connectivity index (χ4n) is 3.11. The Morgan fingerprint density at radius 3 is 2.55 bits per heavy atom. The molecule has 0 spiro atoms. The zero-order valence-electron chi connectivity index (χ0n) is 17.8. The van der Waals surface area contributed by atoms with Crippen LogP contribution in [0, 0.1) is 13.8 Å². The maximum Gasteiger partial charge on any atom is 0.252 e. The second-order valence-corrected chi connectivity index (χ2v) is 8.60. The minimum atomic E-state index is -0.0668.